The number of hydrogen-bond donors (Lipinski definition) is 2. The number of aryl methyl sites for hydroxylation is 1. The van der Waals surface area contributed by atoms with Crippen molar-refractivity contribution in [2.45, 2.75) is 6.92 Å². The van der Waals surface area contributed by atoms with Crippen LogP contribution in [0, 0.1) is 18.3 Å². The Morgan fingerprint density at radius 2 is 2.10 bits per heavy atom. The molecule has 0 bridgehead atoms. The molecule has 3 N–H and O–H groups in total. The molecule has 0 atom stereocenters. The molecule has 2 aromatic rings. The van der Waals surface area contributed by atoms with E-state index in [1.54, 1.807) is 0 Å². The summed E-state index contributed by atoms with van der Waals surface area (Å²) in [6, 6.07) is 15.5. The summed E-state index contributed by atoms with van der Waals surface area (Å²) < 4.78 is 5.48. The van der Waals surface area contributed by atoms with Crippen LogP contribution in [0.3, 0.4) is 0 Å². The largest absolute Gasteiger partial charge is 0.492 e. The average Bonchev–Trinajstić information content (AvgIpc) is 2.46. The van der Waals surface area contributed by atoms with Crippen LogP contribution >= 0.6 is 0 Å². The molecule has 0 aliphatic carbocycles. The molecule has 4 heteroatoms. The minimum absolute atomic E-state index is 0.480. The zero-order chi connectivity index (χ0) is 14.4. The van der Waals surface area contributed by atoms with Crippen LogP contribution in [0.15, 0.2) is 42.5 Å². The van der Waals surface area contributed by atoms with Crippen LogP contribution in [0.1, 0.15) is 11.1 Å². The third-order valence-corrected chi connectivity index (χ3v) is 2.80. The summed E-state index contributed by atoms with van der Waals surface area (Å²) >= 11 is 0. The highest BCUT2D eigenvalue weighted by Crippen LogP contribution is 2.24. The molecular weight excluding hydrogens is 250 g/mol. The van der Waals surface area contributed by atoms with E-state index < -0.39 is 0 Å². The zero-order valence-electron chi connectivity index (χ0n) is 11.4. The maximum absolute atomic E-state index is 9.13. The predicted octanol–water partition coefficient (Wildman–Crippen LogP) is 2.95. The van der Waals surface area contributed by atoms with Gasteiger partial charge < -0.3 is 15.8 Å². The molecule has 2 rings (SSSR count). The second kappa shape index (κ2) is 6.60. The monoisotopic (exact) mass is 267 g/mol. The molecule has 0 amide bonds. The number of hydrogen-bond acceptors (Lipinski definition) is 4. The Kier molecular flexibility index (Phi) is 4.59. The van der Waals surface area contributed by atoms with Crippen molar-refractivity contribution in [1.82, 2.24) is 0 Å². The van der Waals surface area contributed by atoms with Gasteiger partial charge in [-0.15, -0.1) is 0 Å². The quantitative estimate of drug-likeness (QED) is 0.873. The van der Waals surface area contributed by atoms with Crippen molar-refractivity contribution in [2.75, 3.05) is 18.5 Å². The number of benzene rings is 2. The second-order valence-corrected chi connectivity index (χ2v) is 4.45. The van der Waals surface area contributed by atoms with Crippen molar-refractivity contribution in [3.05, 3.63) is 53.6 Å². The Hall–Kier alpha value is -2.51. The van der Waals surface area contributed by atoms with E-state index in [0.717, 1.165) is 22.7 Å². The van der Waals surface area contributed by atoms with E-state index in [0.29, 0.717) is 18.7 Å². The summed E-state index contributed by atoms with van der Waals surface area (Å²) in [5, 5.41) is 12.4. The van der Waals surface area contributed by atoms with Crippen molar-refractivity contribution in [2.24, 2.45) is 5.73 Å². The molecule has 4 nitrogen and oxygen atoms in total. The summed E-state index contributed by atoms with van der Waals surface area (Å²) in [7, 11) is 0. The number of ether oxygens (including phenoxy) is 1. The fraction of sp³-hybridized carbons (Fsp3) is 0.188. The highest BCUT2D eigenvalue weighted by Gasteiger charge is 2.03. The lowest BCUT2D eigenvalue weighted by Gasteiger charge is -2.11. The molecule has 0 saturated heterocycles. The van der Waals surface area contributed by atoms with E-state index in [-0.39, 0.29) is 0 Å². The van der Waals surface area contributed by atoms with Gasteiger partial charge in [0.25, 0.3) is 0 Å². The smallest absolute Gasteiger partial charge is 0.121 e. The minimum atomic E-state index is 0.480. The lowest BCUT2D eigenvalue weighted by Crippen LogP contribution is -2.10. The van der Waals surface area contributed by atoms with Crippen LogP contribution in [-0.2, 0) is 0 Å². The first kappa shape index (κ1) is 13.9. The first-order valence-electron chi connectivity index (χ1n) is 6.43. The fourth-order valence-electron chi connectivity index (χ4n) is 1.85. The first-order valence-corrected chi connectivity index (χ1v) is 6.43. The van der Waals surface area contributed by atoms with Gasteiger partial charge in [0.1, 0.15) is 18.4 Å². The van der Waals surface area contributed by atoms with E-state index in [1.165, 1.54) is 0 Å². The normalized spacial score (nSPS) is 9.85. The Labute approximate surface area is 118 Å². The van der Waals surface area contributed by atoms with Gasteiger partial charge in [-0.05, 0) is 36.8 Å². The van der Waals surface area contributed by atoms with Crippen LogP contribution in [-0.4, -0.2) is 13.2 Å². The molecule has 0 saturated carbocycles. The van der Waals surface area contributed by atoms with Crippen molar-refractivity contribution < 1.29 is 4.74 Å². The Bertz CT molecular complexity index is 632. The molecule has 0 aliphatic rings. The predicted molar refractivity (Wildman–Crippen MR) is 80.2 cm³/mol. The van der Waals surface area contributed by atoms with E-state index in [1.807, 2.05) is 49.4 Å². The molecule has 2 aromatic carbocycles. The third kappa shape index (κ3) is 3.50. The second-order valence-electron chi connectivity index (χ2n) is 4.45. The number of nitrogens with two attached hydrogens (primary N) is 1. The standard InChI is InChI=1S/C16H17N3O/c1-12-5-6-13(11-18)16(9-12)19-14-3-2-4-15(10-14)20-8-7-17/h2-6,9-10,19H,7-8,17H2,1H3. The van der Waals surface area contributed by atoms with Gasteiger partial charge in [-0.3, -0.25) is 0 Å². The van der Waals surface area contributed by atoms with Crippen LogP contribution < -0.4 is 15.8 Å². The van der Waals surface area contributed by atoms with Gasteiger partial charge in [0.15, 0.2) is 0 Å². The summed E-state index contributed by atoms with van der Waals surface area (Å²) in [5.41, 5.74) is 8.80. The molecule has 0 radical (unpaired) electrons. The number of nitrogens with zero attached hydrogens (tertiary/aromatic N) is 1. The zero-order valence-corrected chi connectivity index (χ0v) is 11.4. The number of nitrogens with one attached hydrogen (secondary N) is 1. The van der Waals surface area contributed by atoms with E-state index in [9.17, 15) is 0 Å². The minimum Gasteiger partial charge on any atom is -0.492 e. The number of nitriles is 1. The number of rotatable bonds is 5. The van der Waals surface area contributed by atoms with E-state index >= 15 is 0 Å². The van der Waals surface area contributed by atoms with Gasteiger partial charge in [-0.25, -0.2) is 0 Å². The lowest BCUT2D eigenvalue weighted by atomic mass is 10.1. The fourth-order valence-corrected chi connectivity index (χ4v) is 1.85. The SMILES string of the molecule is Cc1ccc(C#N)c(Nc2cccc(OCCN)c2)c1. The van der Waals surface area contributed by atoms with Gasteiger partial charge in [-0.1, -0.05) is 12.1 Å². The van der Waals surface area contributed by atoms with E-state index in [4.69, 9.17) is 15.7 Å². The molecule has 0 spiro atoms. The summed E-state index contributed by atoms with van der Waals surface area (Å²) in [4.78, 5) is 0. The topological polar surface area (TPSA) is 71.1 Å². The molecule has 0 fully saturated rings. The van der Waals surface area contributed by atoms with Gasteiger partial charge in [-0.2, -0.15) is 5.26 Å². The lowest BCUT2D eigenvalue weighted by molar-refractivity contribution is 0.328. The summed E-state index contributed by atoms with van der Waals surface area (Å²) in [6.45, 7) is 2.96. The molecule has 0 heterocycles. The molecule has 20 heavy (non-hydrogen) atoms. The Morgan fingerprint density at radius 3 is 2.85 bits per heavy atom. The van der Waals surface area contributed by atoms with Gasteiger partial charge >= 0.3 is 0 Å². The molecular formula is C16H17N3O. The summed E-state index contributed by atoms with van der Waals surface area (Å²) in [5.74, 6) is 0.756. The highest BCUT2D eigenvalue weighted by molar-refractivity contribution is 5.68. The van der Waals surface area contributed by atoms with Crippen LogP contribution in [0.2, 0.25) is 0 Å². The Balaban J connectivity index is 2.22. The average molecular weight is 267 g/mol. The maximum Gasteiger partial charge on any atom is 0.121 e. The van der Waals surface area contributed by atoms with Crippen LogP contribution in [0.4, 0.5) is 11.4 Å². The third-order valence-electron chi connectivity index (χ3n) is 2.80. The molecule has 102 valence electrons. The molecule has 0 unspecified atom stereocenters. The van der Waals surface area contributed by atoms with Gasteiger partial charge in [0, 0.05) is 18.3 Å². The van der Waals surface area contributed by atoms with Crippen molar-refractivity contribution in [3.63, 3.8) is 0 Å². The maximum atomic E-state index is 9.13. The van der Waals surface area contributed by atoms with E-state index in [2.05, 4.69) is 11.4 Å². The first-order chi connectivity index (χ1) is 9.72. The van der Waals surface area contributed by atoms with Gasteiger partial charge in [0.2, 0.25) is 0 Å². The van der Waals surface area contributed by atoms with Crippen LogP contribution in [0.25, 0.3) is 0 Å². The van der Waals surface area contributed by atoms with Crippen molar-refractivity contribution in [3.8, 4) is 11.8 Å². The summed E-state index contributed by atoms with van der Waals surface area (Å²) in [6.07, 6.45) is 0. The highest BCUT2D eigenvalue weighted by atomic mass is 16.5. The van der Waals surface area contributed by atoms with Gasteiger partial charge in [0.05, 0.1) is 11.3 Å². The molecule has 0 aliphatic heterocycles. The van der Waals surface area contributed by atoms with Crippen molar-refractivity contribution in [1.29, 1.82) is 5.26 Å². The van der Waals surface area contributed by atoms with Crippen LogP contribution in [0.5, 0.6) is 5.75 Å². The Morgan fingerprint density at radius 1 is 1.25 bits per heavy atom. The number of anilines is 2. The van der Waals surface area contributed by atoms with Crippen molar-refractivity contribution >= 4 is 11.4 Å². The molecule has 0 aromatic heterocycles.